The van der Waals surface area contributed by atoms with Gasteiger partial charge in [-0.15, -0.1) is 0 Å². The summed E-state index contributed by atoms with van der Waals surface area (Å²) < 4.78 is 83.3. The van der Waals surface area contributed by atoms with Gasteiger partial charge in [-0.3, -0.25) is 9.69 Å². The maximum Gasteiger partial charge on any atom is 0.425 e. The van der Waals surface area contributed by atoms with Crippen molar-refractivity contribution in [1.29, 1.82) is 0 Å². The monoisotopic (exact) mass is 525 g/mol. The highest BCUT2D eigenvalue weighted by Crippen LogP contribution is 2.37. The van der Waals surface area contributed by atoms with Crippen LogP contribution in [0.4, 0.5) is 36.8 Å². The molecule has 1 amide bonds. The molecular weight excluding hydrogens is 496 g/mol. The number of hydrogen-bond donors (Lipinski definition) is 1. The molecule has 2 unspecified atom stereocenters. The number of anilines is 1. The maximum atomic E-state index is 13.6. The van der Waals surface area contributed by atoms with E-state index in [1.807, 2.05) is 0 Å². The van der Waals surface area contributed by atoms with Gasteiger partial charge in [0, 0.05) is 51.5 Å². The molecular formula is C23H29F6N3O4. The molecule has 0 saturated carbocycles. The van der Waals surface area contributed by atoms with Crippen molar-refractivity contribution in [2.24, 2.45) is 5.41 Å². The van der Waals surface area contributed by atoms with Gasteiger partial charge in [0.05, 0.1) is 11.0 Å². The van der Waals surface area contributed by atoms with E-state index < -0.39 is 41.5 Å². The fourth-order valence-electron chi connectivity index (χ4n) is 4.39. The van der Waals surface area contributed by atoms with Crippen molar-refractivity contribution in [2.45, 2.75) is 51.7 Å². The molecule has 202 valence electrons. The van der Waals surface area contributed by atoms with E-state index in [-0.39, 0.29) is 45.0 Å². The molecule has 0 aromatic heterocycles. The summed E-state index contributed by atoms with van der Waals surface area (Å²) in [6.45, 7) is 3.57. The van der Waals surface area contributed by atoms with Crippen LogP contribution in [0.3, 0.4) is 0 Å². The molecule has 7 nitrogen and oxygen atoms in total. The average Bonchev–Trinajstić information content (AvgIpc) is 2.78. The molecule has 2 fully saturated rings. The number of rotatable bonds is 5. The van der Waals surface area contributed by atoms with E-state index in [4.69, 9.17) is 0 Å². The smallest absolute Gasteiger partial charge is 0.425 e. The van der Waals surface area contributed by atoms with Crippen LogP contribution in [0.25, 0.3) is 0 Å². The lowest BCUT2D eigenvalue weighted by atomic mass is 9.82. The first-order valence-electron chi connectivity index (χ1n) is 11.5. The minimum Gasteiger partial charge on any atom is -0.481 e. The SMILES string of the molecule is CC(OC(=O)N1CCN(Cc2cc(N3CCCC(C)(C(=O)O)C3)cc(C(F)(F)F)c2)CC1)C(F)(F)F. The van der Waals surface area contributed by atoms with E-state index in [2.05, 4.69) is 4.74 Å². The number of amides is 1. The second kappa shape index (κ2) is 10.3. The Morgan fingerprint density at radius 3 is 2.25 bits per heavy atom. The van der Waals surface area contributed by atoms with Gasteiger partial charge in [-0.25, -0.2) is 4.79 Å². The number of alkyl halides is 6. The van der Waals surface area contributed by atoms with Crippen LogP contribution in [-0.2, 0) is 22.3 Å². The van der Waals surface area contributed by atoms with Crippen molar-refractivity contribution >= 4 is 17.7 Å². The molecule has 1 aromatic rings. The van der Waals surface area contributed by atoms with Crippen LogP contribution in [0.15, 0.2) is 18.2 Å². The van der Waals surface area contributed by atoms with Crippen LogP contribution >= 0.6 is 0 Å². The maximum absolute atomic E-state index is 13.6. The molecule has 0 radical (unpaired) electrons. The first-order chi connectivity index (χ1) is 16.6. The number of ether oxygens (including phenoxy) is 1. The summed E-state index contributed by atoms with van der Waals surface area (Å²) in [6.07, 6.45) is -11.7. The molecule has 1 aromatic carbocycles. The standard InChI is InChI=1S/C23H29F6N3O4/c1-15(22(24,25)26)36-20(35)31-8-6-30(7-9-31)13-16-10-17(23(27,28)29)12-18(11-16)32-5-3-4-21(2,14-32)19(33)34/h10-12,15H,3-9,13-14H2,1-2H3,(H,33,34). The van der Waals surface area contributed by atoms with Gasteiger partial charge in [0.15, 0.2) is 6.10 Å². The van der Waals surface area contributed by atoms with Crippen LogP contribution in [-0.4, -0.2) is 78.5 Å². The third-order valence-corrected chi connectivity index (χ3v) is 6.66. The van der Waals surface area contributed by atoms with Gasteiger partial charge in [-0.05, 0) is 50.5 Å². The summed E-state index contributed by atoms with van der Waals surface area (Å²) in [5.41, 5.74) is -1.26. The van der Waals surface area contributed by atoms with Crippen molar-refractivity contribution in [1.82, 2.24) is 9.80 Å². The molecule has 2 atom stereocenters. The number of piperidine rings is 1. The number of carbonyl (C=O) groups excluding carboxylic acids is 1. The van der Waals surface area contributed by atoms with Crippen molar-refractivity contribution in [3.8, 4) is 0 Å². The van der Waals surface area contributed by atoms with Gasteiger partial charge in [-0.2, -0.15) is 26.3 Å². The topological polar surface area (TPSA) is 73.3 Å². The third kappa shape index (κ3) is 6.74. The van der Waals surface area contributed by atoms with E-state index in [1.165, 1.54) is 0 Å². The lowest BCUT2D eigenvalue weighted by Crippen LogP contribution is -2.49. The Balaban J connectivity index is 1.70. The number of hydrogen-bond acceptors (Lipinski definition) is 5. The predicted molar refractivity (Wildman–Crippen MR) is 117 cm³/mol. The molecule has 2 heterocycles. The van der Waals surface area contributed by atoms with E-state index in [0.29, 0.717) is 24.9 Å². The Morgan fingerprint density at radius 2 is 1.69 bits per heavy atom. The summed E-state index contributed by atoms with van der Waals surface area (Å²) in [6, 6.07) is 3.66. The first-order valence-corrected chi connectivity index (χ1v) is 11.5. The van der Waals surface area contributed by atoms with Crippen LogP contribution in [0, 0.1) is 5.41 Å². The summed E-state index contributed by atoms with van der Waals surface area (Å²) in [4.78, 5) is 28.3. The van der Waals surface area contributed by atoms with Gasteiger partial charge in [-0.1, -0.05) is 0 Å². The van der Waals surface area contributed by atoms with Crippen LogP contribution in [0.2, 0.25) is 0 Å². The highest BCUT2D eigenvalue weighted by molar-refractivity contribution is 5.75. The quantitative estimate of drug-likeness (QED) is 0.567. The van der Waals surface area contributed by atoms with E-state index in [9.17, 15) is 41.0 Å². The zero-order valence-corrected chi connectivity index (χ0v) is 20.0. The van der Waals surface area contributed by atoms with Crippen molar-refractivity contribution in [2.75, 3.05) is 44.2 Å². The average molecular weight is 525 g/mol. The molecule has 0 aliphatic carbocycles. The number of carboxylic acids is 1. The molecule has 0 spiro atoms. The Kier molecular flexibility index (Phi) is 8.01. The van der Waals surface area contributed by atoms with Crippen molar-refractivity contribution in [3.05, 3.63) is 29.3 Å². The van der Waals surface area contributed by atoms with Gasteiger partial charge < -0.3 is 19.6 Å². The van der Waals surface area contributed by atoms with E-state index in [0.717, 1.165) is 24.0 Å². The Bertz CT molecular complexity index is 962. The molecule has 36 heavy (non-hydrogen) atoms. The Hall–Kier alpha value is -2.70. The third-order valence-electron chi connectivity index (χ3n) is 6.66. The highest BCUT2D eigenvalue weighted by atomic mass is 19.4. The highest BCUT2D eigenvalue weighted by Gasteiger charge is 2.41. The Labute approximate surface area is 204 Å². The predicted octanol–water partition coefficient (Wildman–Crippen LogP) is 4.60. The summed E-state index contributed by atoms with van der Waals surface area (Å²) in [7, 11) is 0. The van der Waals surface area contributed by atoms with Gasteiger partial charge in [0.25, 0.3) is 0 Å². The number of halogens is 6. The molecule has 0 bridgehead atoms. The summed E-state index contributed by atoms with van der Waals surface area (Å²) >= 11 is 0. The summed E-state index contributed by atoms with van der Waals surface area (Å²) in [5.74, 6) is -1.000. The van der Waals surface area contributed by atoms with Gasteiger partial charge in [0.1, 0.15) is 0 Å². The normalized spacial score (nSPS) is 22.9. The number of carbonyl (C=O) groups is 2. The number of nitrogens with zero attached hydrogens (tertiary/aromatic N) is 3. The Morgan fingerprint density at radius 1 is 1.06 bits per heavy atom. The molecule has 3 rings (SSSR count). The number of carboxylic acid groups (broad SMARTS) is 1. The first kappa shape index (κ1) is 27.9. The molecule has 2 saturated heterocycles. The molecule has 13 heteroatoms. The largest absolute Gasteiger partial charge is 0.481 e. The van der Waals surface area contributed by atoms with Crippen molar-refractivity contribution < 1.29 is 45.8 Å². The molecule has 1 N–H and O–H groups in total. The lowest BCUT2D eigenvalue weighted by molar-refractivity contribution is -0.200. The molecule has 2 aliphatic heterocycles. The zero-order chi connectivity index (χ0) is 26.9. The fraction of sp³-hybridized carbons (Fsp3) is 0.652. The van der Waals surface area contributed by atoms with Crippen LogP contribution < -0.4 is 4.90 Å². The second-order valence-corrected chi connectivity index (χ2v) is 9.61. The number of benzene rings is 1. The fourth-order valence-corrected chi connectivity index (χ4v) is 4.39. The second-order valence-electron chi connectivity index (χ2n) is 9.61. The van der Waals surface area contributed by atoms with Crippen LogP contribution in [0.5, 0.6) is 0 Å². The number of aliphatic carboxylic acids is 1. The lowest BCUT2D eigenvalue weighted by Gasteiger charge is -2.39. The number of piperazine rings is 1. The molecule has 2 aliphatic rings. The zero-order valence-electron chi connectivity index (χ0n) is 20.0. The van der Waals surface area contributed by atoms with E-state index in [1.54, 1.807) is 22.8 Å². The van der Waals surface area contributed by atoms with Crippen molar-refractivity contribution in [3.63, 3.8) is 0 Å². The minimum atomic E-state index is -4.67. The summed E-state index contributed by atoms with van der Waals surface area (Å²) in [5, 5.41) is 9.56. The van der Waals surface area contributed by atoms with E-state index >= 15 is 0 Å². The van der Waals surface area contributed by atoms with Crippen LogP contribution in [0.1, 0.15) is 37.8 Å². The minimum absolute atomic E-state index is 0.0678. The van der Waals surface area contributed by atoms with Gasteiger partial charge in [0.2, 0.25) is 0 Å². The van der Waals surface area contributed by atoms with Gasteiger partial charge >= 0.3 is 24.4 Å².